The zero-order valence-corrected chi connectivity index (χ0v) is 11.0. The molecule has 0 saturated carbocycles. The maximum absolute atomic E-state index is 5.91. The van der Waals surface area contributed by atoms with Crippen molar-refractivity contribution >= 4 is 5.88 Å². The molecule has 6 heteroatoms. The molecule has 0 radical (unpaired) electrons. The van der Waals surface area contributed by atoms with Crippen LogP contribution in [0.3, 0.4) is 0 Å². The monoisotopic (exact) mass is 284 g/mol. The summed E-state index contributed by atoms with van der Waals surface area (Å²) in [5.41, 5.74) is 8.00. The van der Waals surface area contributed by atoms with E-state index in [2.05, 4.69) is 5.16 Å². The van der Waals surface area contributed by atoms with E-state index < -0.39 is 0 Å². The highest BCUT2D eigenvalue weighted by molar-refractivity contribution is 5.86. The SMILES string of the molecule is Nc1onc(-c2ccco2)c1-c1ccc2c(c1)OCCO2. The second kappa shape index (κ2) is 4.59. The summed E-state index contributed by atoms with van der Waals surface area (Å²) in [6.45, 7) is 1.08. The lowest BCUT2D eigenvalue weighted by Crippen LogP contribution is -2.15. The molecule has 1 aliphatic rings. The number of nitrogen functional groups attached to an aromatic ring is 1. The summed E-state index contributed by atoms with van der Waals surface area (Å²) >= 11 is 0. The first-order valence-corrected chi connectivity index (χ1v) is 6.52. The smallest absolute Gasteiger partial charge is 0.230 e. The van der Waals surface area contributed by atoms with Crippen LogP contribution in [0.4, 0.5) is 5.88 Å². The highest BCUT2D eigenvalue weighted by Gasteiger charge is 2.21. The third-order valence-corrected chi connectivity index (χ3v) is 3.30. The van der Waals surface area contributed by atoms with Gasteiger partial charge in [-0.3, -0.25) is 0 Å². The molecular weight excluding hydrogens is 272 g/mol. The van der Waals surface area contributed by atoms with Crippen molar-refractivity contribution < 1.29 is 18.4 Å². The fourth-order valence-electron chi connectivity index (χ4n) is 2.36. The van der Waals surface area contributed by atoms with Gasteiger partial charge in [0.2, 0.25) is 5.88 Å². The minimum Gasteiger partial charge on any atom is -0.486 e. The maximum atomic E-state index is 5.91. The number of furan rings is 1. The van der Waals surface area contributed by atoms with Crippen molar-refractivity contribution in [1.29, 1.82) is 0 Å². The Morgan fingerprint density at radius 2 is 1.90 bits per heavy atom. The molecule has 2 N–H and O–H groups in total. The van der Waals surface area contributed by atoms with Gasteiger partial charge in [-0.15, -0.1) is 0 Å². The van der Waals surface area contributed by atoms with Crippen LogP contribution in [0.1, 0.15) is 0 Å². The Morgan fingerprint density at radius 3 is 2.71 bits per heavy atom. The zero-order valence-electron chi connectivity index (χ0n) is 11.0. The van der Waals surface area contributed by atoms with Gasteiger partial charge >= 0.3 is 0 Å². The van der Waals surface area contributed by atoms with E-state index in [-0.39, 0.29) is 5.88 Å². The predicted octanol–water partition coefficient (Wildman–Crippen LogP) is 2.96. The van der Waals surface area contributed by atoms with Crippen molar-refractivity contribution in [3.63, 3.8) is 0 Å². The van der Waals surface area contributed by atoms with E-state index in [9.17, 15) is 0 Å². The Morgan fingerprint density at radius 1 is 1.05 bits per heavy atom. The Balaban J connectivity index is 1.85. The fourth-order valence-corrected chi connectivity index (χ4v) is 2.36. The highest BCUT2D eigenvalue weighted by atomic mass is 16.6. The number of nitrogens with zero attached hydrogens (tertiary/aromatic N) is 1. The number of aromatic nitrogens is 1. The highest BCUT2D eigenvalue weighted by Crippen LogP contribution is 2.40. The number of hydrogen-bond acceptors (Lipinski definition) is 6. The van der Waals surface area contributed by atoms with Crippen LogP contribution in [-0.2, 0) is 0 Å². The van der Waals surface area contributed by atoms with E-state index in [0.717, 1.165) is 11.3 Å². The van der Waals surface area contributed by atoms with E-state index >= 15 is 0 Å². The molecule has 4 rings (SSSR count). The molecule has 0 aliphatic carbocycles. The van der Waals surface area contributed by atoms with Gasteiger partial charge in [0.15, 0.2) is 23.0 Å². The average molecular weight is 284 g/mol. The van der Waals surface area contributed by atoms with Crippen LogP contribution < -0.4 is 15.2 Å². The quantitative estimate of drug-likeness (QED) is 0.778. The first kappa shape index (κ1) is 11.9. The number of nitrogens with two attached hydrogens (primary N) is 1. The molecule has 0 unspecified atom stereocenters. The second-order valence-corrected chi connectivity index (χ2v) is 4.61. The lowest BCUT2D eigenvalue weighted by molar-refractivity contribution is 0.171. The summed E-state index contributed by atoms with van der Waals surface area (Å²) in [4.78, 5) is 0. The van der Waals surface area contributed by atoms with Crippen molar-refractivity contribution in [3.05, 3.63) is 36.6 Å². The van der Waals surface area contributed by atoms with Gasteiger partial charge in [0.1, 0.15) is 13.2 Å². The molecule has 106 valence electrons. The summed E-state index contributed by atoms with van der Waals surface area (Å²) in [5, 5.41) is 3.98. The normalized spacial score (nSPS) is 13.3. The van der Waals surface area contributed by atoms with Crippen LogP contribution in [0, 0.1) is 0 Å². The van der Waals surface area contributed by atoms with Crippen LogP contribution in [-0.4, -0.2) is 18.4 Å². The van der Waals surface area contributed by atoms with Gasteiger partial charge < -0.3 is 24.1 Å². The summed E-state index contributed by atoms with van der Waals surface area (Å²) in [5.74, 6) is 2.24. The van der Waals surface area contributed by atoms with Crippen LogP contribution >= 0.6 is 0 Å². The van der Waals surface area contributed by atoms with Gasteiger partial charge in [-0.05, 0) is 29.8 Å². The summed E-state index contributed by atoms with van der Waals surface area (Å²) < 4.78 is 21.6. The standard InChI is InChI=1S/C15H12N2O4/c16-15-13(14(17-21-15)11-2-1-5-18-11)9-3-4-10-12(8-9)20-7-6-19-10/h1-5,8H,6-7,16H2. The van der Waals surface area contributed by atoms with Crippen molar-refractivity contribution in [1.82, 2.24) is 5.16 Å². The molecule has 1 aliphatic heterocycles. The molecule has 1 aromatic carbocycles. The number of ether oxygens (including phenoxy) is 2. The number of benzene rings is 1. The van der Waals surface area contributed by atoms with Crippen LogP contribution in [0.2, 0.25) is 0 Å². The number of fused-ring (bicyclic) bond motifs is 1. The third kappa shape index (κ3) is 1.92. The topological polar surface area (TPSA) is 83.7 Å². The van der Waals surface area contributed by atoms with Crippen molar-refractivity contribution in [3.8, 4) is 34.1 Å². The lowest BCUT2D eigenvalue weighted by Gasteiger charge is -2.18. The minimum absolute atomic E-state index is 0.234. The van der Waals surface area contributed by atoms with Gasteiger partial charge in [-0.1, -0.05) is 11.2 Å². The summed E-state index contributed by atoms with van der Waals surface area (Å²) in [7, 11) is 0. The first-order valence-electron chi connectivity index (χ1n) is 6.52. The molecule has 3 aromatic rings. The Hall–Kier alpha value is -2.89. The van der Waals surface area contributed by atoms with Gasteiger partial charge in [0.25, 0.3) is 0 Å². The molecule has 0 amide bonds. The summed E-state index contributed by atoms with van der Waals surface area (Å²) in [6.07, 6.45) is 1.58. The van der Waals surface area contributed by atoms with E-state index in [0.29, 0.717) is 36.0 Å². The largest absolute Gasteiger partial charge is 0.486 e. The molecular formula is C15H12N2O4. The molecule has 0 spiro atoms. The molecule has 0 bridgehead atoms. The molecule has 0 saturated heterocycles. The van der Waals surface area contributed by atoms with Crippen molar-refractivity contribution in [2.75, 3.05) is 18.9 Å². The van der Waals surface area contributed by atoms with E-state index in [1.165, 1.54) is 0 Å². The number of hydrogen-bond donors (Lipinski definition) is 1. The number of anilines is 1. The molecule has 0 fully saturated rings. The second-order valence-electron chi connectivity index (χ2n) is 4.61. The van der Waals surface area contributed by atoms with E-state index in [4.69, 9.17) is 24.1 Å². The predicted molar refractivity (Wildman–Crippen MR) is 75.0 cm³/mol. The third-order valence-electron chi connectivity index (χ3n) is 3.30. The molecule has 2 aromatic heterocycles. The zero-order chi connectivity index (χ0) is 14.2. The van der Waals surface area contributed by atoms with Crippen LogP contribution in [0.25, 0.3) is 22.6 Å². The van der Waals surface area contributed by atoms with Crippen molar-refractivity contribution in [2.45, 2.75) is 0 Å². The number of rotatable bonds is 2. The molecule has 21 heavy (non-hydrogen) atoms. The van der Waals surface area contributed by atoms with Crippen LogP contribution in [0.15, 0.2) is 45.5 Å². The van der Waals surface area contributed by atoms with E-state index in [1.807, 2.05) is 18.2 Å². The first-order chi connectivity index (χ1) is 10.3. The Kier molecular flexibility index (Phi) is 2.60. The molecule has 0 atom stereocenters. The minimum atomic E-state index is 0.234. The fraction of sp³-hybridized carbons (Fsp3) is 0.133. The maximum Gasteiger partial charge on any atom is 0.230 e. The Labute approximate surface area is 120 Å². The molecule has 3 heterocycles. The summed E-state index contributed by atoms with van der Waals surface area (Å²) in [6, 6.07) is 9.20. The van der Waals surface area contributed by atoms with Crippen LogP contribution in [0.5, 0.6) is 11.5 Å². The van der Waals surface area contributed by atoms with E-state index in [1.54, 1.807) is 18.4 Å². The Bertz CT molecular complexity index is 777. The van der Waals surface area contributed by atoms with Gasteiger partial charge in [0.05, 0.1) is 11.8 Å². The van der Waals surface area contributed by atoms with Gasteiger partial charge in [-0.25, -0.2) is 0 Å². The van der Waals surface area contributed by atoms with Gasteiger partial charge in [-0.2, -0.15) is 0 Å². The van der Waals surface area contributed by atoms with Gasteiger partial charge in [0, 0.05) is 0 Å². The lowest BCUT2D eigenvalue weighted by atomic mass is 10.0. The molecule has 6 nitrogen and oxygen atoms in total. The average Bonchev–Trinajstić information content (AvgIpc) is 3.16. The van der Waals surface area contributed by atoms with Crippen molar-refractivity contribution in [2.24, 2.45) is 0 Å².